The van der Waals surface area contributed by atoms with Gasteiger partial charge >= 0.3 is 5.97 Å². The van der Waals surface area contributed by atoms with E-state index >= 15 is 0 Å². The molecule has 0 aromatic heterocycles. The number of aliphatic carboxylic acids is 1. The van der Waals surface area contributed by atoms with Gasteiger partial charge in [-0.15, -0.1) is 0 Å². The van der Waals surface area contributed by atoms with Crippen LogP contribution in [-0.4, -0.2) is 60.5 Å². The lowest BCUT2D eigenvalue weighted by Crippen LogP contribution is -2.68. The van der Waals surface area contributed by atoms with E-state index in [1.807, 2.05) is 0 Å². The minimum atomic E-state index is -3.07. The number of nitrogens with one attached hydrogen (secondary N) is 1. The van der Waals surface area contributed by atoms with Gasteiger partial charge in [0.15, 0.2) is 0 Å². The summed E-state index contributed by atoms with van der Waals surface area (Å²) < 4.78 is 38.4. The van der Waals surface area contributed by atoms with Crippen LogP contribution in [0.5, 0.6) is 0 Å². The van der Waals surface area contributed by atoms with E-state index < -0.39 is 33.5 Å². The van der Waals surface area contributed by atoms with Gasteiger partial charge in [-0.25, -0.2) is 12.8 Å². The summed E-state index contributed by atoms with van der Waals surface area (Å²) in [6, 6.07) is 0. The topological polar surface area (TPSA) is 104 Å². The molecule has 54 heavy (non-hydrogen) atoms. The van der Waals surface area contributed by atoms with E-state index in [0.717, 1.165) is 25.8 Å². The normalized spacial score (nSPS) is 47.3. The van der Waals surface area contributed by atoms with Crippen molar-refractivity contribution in [2.75, 3.05) is 19.5 Å². The Balaban J connectivity index is 1.12. The highest BCUT2D eigenvalue weighted by atomic mass is 32.2. The van der Waals surface area contributed by atoms with E-state index in [2.05, 4.69) is 65.6 Å². The first kappa shape index (κ1) is 40.7. The number of alkyl halides is 1. The van der Waals surface area contributed by atoms with Crippen molar-refractivity contribution in [3.05, 3.63) is 35.5 Å². The number of aliphatic hydroxyl groups is 1. The van der Waals surface area contributed by atoms with Gasteiger partial charge < -0.3 is 15.5 Å². The Bertz CT molecular complexity index is 1690. The molecule has 3 N–H and O–H groups in total. The van der Waals surface area contributed by atoms with Crippen LogP contribution in [0, 0.1) is 56.7 Å². The molecule has 0 radical (unpaired) electrons. The maximum absolute atomic E-state index is 14.0. The van der Waals surface area contributed by atoms with Crippen molar-refractivity contribution >= 4 is 15.8 Å². The highest BCUT2D eigenvalue weighted by molar-refractivity contribution is 7.91. The van der Waals surface area contributed by atoms with Gasteiger partial charge in [-0.05, 0) is 185 Å². The van der Waals surface area contributed by atoms with Crippen LogP contribution in [0.3, 0.4) is 0 Å². The summed E-state index contributed by atoms with van der Waals surface area (Å²) in [6.45, 7) is 19.7. The Hall–Kier alpha value is -1.51. The van der Waals surface area contributed by atoms with Crippen LogP contribution in [0.15, 0.2) is 35.5 Å². The fraction of sp³-hybridized carbons (Fsp3) is 0.848. The second-order valence-corrected chi connectivity index (χ2v) is 23.8. The number of carboxylic acids is 1. The molecule has 0 heterocycles. The number of halogens is 1. The van der Waals surface area contributed by atoms with Crippen LogP contribution in [0.1, 0.15) is 151 Å². The minimum absolute atomic E-state index is 0.0346. The fourth-order valence-corrected chi connectivity index (χ4v) is 16.6. The SMILES string of the molecule is C=C(C)[C@@H]1CC[C@]2(NCCC3(O)CCC(S(C)(=O)=O)CC3)CC[C@]3(C)[C@H](CC[C@@H]4[C@@]5(C)CC=C(C6=CC[C@](CF)(C(=O)O)CC6)C(C)(C)[C@@H]5CC[C@]43C)[C@@H]12. The standard InChI is InChI=1S/C46H72FNO5S/c1-30(2)33-15-24-46(48-28-27-45(51)22-13-32(14-23-45)54(8,52)53)26-25-42(6)35(38(33)46)9-10-37-41(5)18-16-34(40(3,4)36(41)17-19-43(37,42)7)31-11-20-44(29-47,21-12-31)39(49)50/h11,16,32-33,35-38,48,51H,1,9-10,12-15,17-29H2,2-8H3,(H,49,50)/t32?,33-,35+,36-,37+,38+,41-,42+,43+,44-,45?,46-/m0/s1. The van der Waals surface area contributed by atoms with Crippen LogP contribution >= 0.6 is 0 Å². The quantitative estimate of drug-likeness (QED) is 0.202. The van der Waals surface area contributed by atoms with Gasteiger partial charge in [0.2, 0.25) is 0 Å². The van der Waals surface area contributed by atoms with Crippen molar-refractivity contribution in [1.29, 1.82) is 0 Å². The molecule has 0 aliphatic heterocycles. The molecule has 8 heteroatoms. The molecule has 5 fully saturated rings. The molecule has 0 aromatic carbocycles. The molecule has 304 valence electrons. The third kappa shape index (κ3) is 6.09. The van der Waals surface area contributed by atoms with Crippen molar-refractivity contribution in [2.24, 2.45) is 56.7 Å². The molecule has 10 atom stereocenters. The summed E-state index contributed by atoms with van der Waals surface area (Å²) in [7, 11) is -3.07. The molecule has 7 rings (SSSR count). The summed E-state index contributed by atoms with van der Waals surface area (Å²) >= 11 is 0. The van der Waals surface area contributed by atoms with Crippen LogP contribution in [0.25, 0.3) is 0 Å². The molecule has 0 saturated heterocycles. The molecule has 5 saturated carbocycles. The zero-order valence-electron chi connectivity index (χ0n) is 34.7. The van der Waals surface area contributed by atoms with Gasteiger partial charge in [-0.3, -0.25) is 4.79 Å². The highest BCUT2D eigenvalue weighted by Crippen LogP contribution is 2.76. The summed E-state index contributed by atoms with van der Waals surface area (Å²) in [4.78, 5) is 12.0. The number of allylic oxidation sites excluding steroid dienone is 5. The molecule has 6 nitrogen and oxygen atoms in total. The van der Waals surface area contributed by atoms with Crippen molar-refractivity contribution in [3.63, 3.8) is 0 Å². The zero-order valence-corrected chi connectivity index (χ0v) is 35.5. The Morgan fingerprint density at radius 3 is 2.19 bits per heavy atom. The number of carbonyl (C=O) groups is 1. The van der Waals surface area contributed by atoms with Crippen molar-refractivity contribution < 1.29 is 27.8 Å². The zero-order chi connectivity index (χ0) is 39.3. The van der Waals surface area contributed by atoms with Crippen LogP contribution < -0.4 is 5.32 Å². The van der Waals surface area contributed by atoms with Crippen molar-refractivity contribution in [2.45, 2.75) is 167 Å². The number of carboxylic acid groups (broad SMARTS) is 1. The lowest BCUT2D eigenvalue weighted by molar-refractivity contribution is -0.221. The van der Waals surface area contributed by atoms with Crippen LogP contribution in [0.2, 0.25) is 0 Å². The van der Waals surface area contributed by atoms with Crippen molar-refractivity contribution in [1.82, 2.24) is 5.32 Å². The average Bonchev–Trinajstić information content (AvgIpc) is 3.48. The molecular formula is C46H72FNO5S. The Morgan fingerprint density at radius 2 is 1.59 bits per heavy atom. The number of hydrogen-bond donors (Lipinski definition) is 3. The van der Waals surface area contributed by atoms with Gasteiger partial charge in [-0.1, -0.05) is 58.9 Å². The predicted molar refractivity (Wildman–Crippen MR) is 215 cm³/mol. The molecule has 7 aliphatic rings. The number of rotatable bonds is 9. The van der Waals surface area contributed by atoms with E-state index in [9.17, 15) is 27.8 Å². The van der Waals surface area contributed by atoms with E-state index in [0.29, 0.717) is 74.5 Å². The first-order valence-corrected chi connectivity index (χ1v) is 23.6. The van der Waals surface area contributed by atoms with Gasteiger partial charge in [0.05, 0.1) is 16.3 Å². The largest absolute Gasteiger partial charge is 0.481 e. The molecular weight excluding hydrogens is 698 g/mol. The second kappa shape index (κ2) is 13.5. The molecule has 0 unspecified atom stereocenters. The second-order valence-electron chi connectivity index (χ2n) is 21.5. The van der Waals surface area contributed by atoms with Gasteiger partial charge in [-0.2, -0.15) is 0 Å². The fourth-order valence-electron chi connectivity index (χ4n) is 15.5. The third-order valence-electron chi connectivity index (χ3n) is 18.8. The predicted octanol–water partition coefficient (Wildman–Crippen LogP) is 9.78. The van der Waals surface area contributed by atoms with E-state index in [1.165, 1.54) is 61.5 Å². The van der Waals surface area contributed by atoms with Crippen LogP contribution in [0.4, 0.5) is 4.39 Å². The molecule has 0 bridgehead atoms. The van der Waals surface area contributed by atoms with Gasteiger partial charge in [0.1, 0.15) is 16.5 Å². The van der Waals surface area contributed by atoms with E-state index in [1.54, 1.807) is 0 Å². The number of fused-ring (bicyclic) bond motifs is 7. The van der Waals surface area contributed by atoms with Gasteiger partial charge in [0, 0.05) is 11.8 Å². The third-order valence-corrected chi connectivity index (χ3v) is 20.5. The van der Waals surface area contributed by atoms with Gasteiger partial charge in [0.25, 0.3) is 0 Å². The van der Waals surface area contributed by atoms with Crippen LogP contribution in [-0.2, 0) is 14.6 Å². The first-order chi connectivity index (χ1) is 25.1. The molecule has 0 amide bonds. The molecule has 7 aliphatic carbocycles. The first-order valence-electron chi connectivity index (χ1n) is 21.6. The van der Waals surface area contributed by atoms with E-state index in [4.69, 9.17) is 0 Å². The number of sulfone groups is 1. The number of hydrogen-bond acceptors (Lipinski definition) is 5. The molecule has 0 aromatic rings. The minimum Gasteiger partial charge on any atom is -0.481 e. The maximum Gasteiger partial charge on any atom is 0.312 e. The Morgan fingerprint density at radius 1 is 0.889 bits per heavy atom. The molecule has 0 spiro atoms. The highest BCUT2D eigenvalue weighted by Gasteiger charge is 2.70. The smallest absolute Gasteiger partial charge is 0.312 e. The maximum atomic E-state index is 14.0. The Labute approximate surface area is 326 Å². The Kier molecular flexibility index (Phi) is 10.2. The van der Waals surface area contributed by atoms with Crippen molar-refractivity contribution in [3.8, 4) is 0 Å². The monoisotopic (exact) mass is 770 g/mol. The lowest BCUT2D eigenvalue weighted by Gasteiger charge is -2.72. The summed E-state index contributed by atoms with van der Waals surface area (Å²) in [5.74, 6) is 1.79. The average molecular weight is 770 g/mol. The summed E-state index contributed by atoms with van der Waals surface area (Å²) in [5, 5.41) is 25.2. The summed E-state index contributed by atoms with van der Waals surface area (Å²) in [6.07, 6.45) is 20.8. The lowest BCUT2D eigenvalue weighted by atomic mass is 9.33. The summed E-state index contributed by atoms with van der Waals surface area (Å²) in [5.41, 5.74) is 2.54. The van der Waals surface area contributed by atoms with E-state index in [-0.39, 0.29) is 38.9 Å².